The molecule has 14 heavy (non-hydrogen) atoms. The lowest BCUT2D eigenvalue weighted by molar-refractivity contribution is 1.20. The standard InChI is InChI=1S/C8H9N3S3/c1-5-7(14-8(9)11-5)13-3-6-2-12-4-10-6/h2,4H,3H2,1H3,(H2,9,11). The van der Waals surface area contributed by atoms with Crippen LogP contribution in [-0.2, 0) is 5.75 Å². The number of anilines is 1. The summed E-state index contributed by atoms with van der Waals surface area (Å²) in [7, 11) is 0. The number of nitrogens with two attached hydrogens (primary N) is 1. The van der Waals surface area contributed by atoms with Crippen LogP contribution in [0.4, 0.5) is 5.13 Å². The Morgan fingerprint density at radius 3 is 3.00 bits per heavy atom. The Balaban J connectivity index is 2.01. The molecule has 2 aromatic heterocycles. The van der Waals surface area contributed by atoms with Crippen LogP contribution >= 0.6 is 34.4 Å². The fourth-order valence-electron chi connectivity index (χ4n) is 0.985. The van der Waals surface area contributed by atoms with Crippen molar-refractivity contribution in [3.8, 4) is 0 Å². The molecule has 0 aliphatic carbocycles. The van der Waals surface area contributed by atoms with Gasteiger partial charge in [0.25, 0.3) is 0 Å². The Morgan fingerprint density at radius 1 is 1.57 bits per heavy atom. The van der Waals surface area contributed by atoms with Crippen molar-refractivity contribution in [2.24, 2.45) is 0 Å². The van der Waals surface area contributed by atoms with Gasteiger partial charge in [-0.05, 0) is 6.92 Å². The topological polar surface area (TPSA) is 51.8 Å². The molecule has 2 N–H and O–H groups in total. The molecule has 0 amide bonds. The van der Waals surface area contributed by atoms with E-state index in [-0.39, 0.29) is 0 Å². The average molecular weight is 243 g/mol. The van der Waals surface area contributed by atoms with E-state index in [1.807, 2.05) is 12.4 Å². The second-order valence-electron chi connectivity index (χ2n) is 2.69. The number of aromatic nitrogens is 2. The second-order valence-corrected chi connectivity index (χ2v) is 5.69. The molecule has 2 heterocycles. The van der Waals surface area contributed by atoms with Crippen molar-refractivity contribution in [2.75, 3.05) is 5.73 Å². The van der Waals surface area contributed by atoms with Crippen molar-refractivity contribution < 1.29 is 0 Å². The highest BCUT2D eigenvalue weighted by Crippen LogP contribution is 2.32. The Labute approximate surface area is 94.4 Å². The maximum Gasteiger partial charge on any atom is 0.181 e. The maximum atomic E-state index is 5.61. The fourth-order valence-corrected chi connectivity index (χ4v) is 3.57. The van der Waals surface area contributed by atoms with E-state index in [9.17, 15) is 0 Å². The van der Waals surface area contributed by atoms with E-state index >= 15 is 0 Å². The number of thiazole rings is 2. The lowest BCUT2D eigenvalue weighted by Crippen LogP contribution is -1.81. The van der Waals surface area contributed by atoms with Crippen LogP contribution in [0.2, 0.25) is 0 Å². The first-order valence-corrected chi connectivity index (χ1v) is 6.73. The van der Waals surface area contributed by atoms with Crippen LogP contribution in [0.15, 0.2) is 15.1 Å². The predicted octanol–water partition coefficient (Wildman–Crippen LogP) is 2.78. The molecule has 2 rings (SSSR count). The molecule has 6 heteroatoms. The fraction of sp³-hybridized carbons (Fsp3) is 0.250. The summed E-state index contributed by atoms with van der Waals surface area (Å²) >= 11 is 4.91. The van der Waals surface area contributed by atoms with Gasteiger partial charge >= 0.3 is 0 Å². The first kappa shape index (κ1) is 9.95. The second kappa shape index (κ2) is 4.29. The molecule has 0 radical (unpaired) electrons. The van der Waals surface area contributed by atoms with E-state index in [0.717, 1.165) is 17.1 Å². The van der Waals surface area contributed by atoms with Crippen LogP contribution in [0.25, 0.3) is 0 Å². The van der Waals surface area contributed by atoms with Gasteiger partial charge in [0.2, 0.25) is 0 Å². The molecule has 0 aliphatic rings. The zero-order valence-corrected chi connectivity index (χ0v) is 10.0. The lowest BCUT2D eigenvalue weighted by atomic mass is 10.6. The Morgan fingerprint density at radius 2 is 2.43 bits per heavy atom. The van der Waals surface area contributed by atoms with Crippen LogP contribution in [-0.4, -0.2) is 9.97 Å². The van der Waals surface area contributed by atoms with E-state index in [0.29, 0.717) is 5.13 Å². The van der Waals surface area contributed by atoms with Crippen molar-refractivity contribution in [1.29, 1.82) is 0 Å². The van der Waals surface area contributed by atoms with Gasteiger partial charge in [-0.2, -0.15) is 0 Å². The molecule has 2 aromatic rings. The Kier molecular flexibility index (Phi) is 3.05. The van der Waals surface area contributed by atoms with Crippen molar-refractivity contribution in [3.63, 3.8) is 0 Å². The first-order valence-electron chi connectivity index (χ1n) is 3.98. The Hall–Kier alpha value is -0.590. The van der Waals surface area contributed by atoms with Gasteiger partial charge in [-0.25, -0.2) is 9.97 Å². The summed E-state index contributed by atoms with van der Waals surface area (Å²) < 4.78 is 1.19. The molecule has 0 saturated heterocycles. The van der Waals surface area contributed by atoms with Crippen LogP contribution in [0, 0.1) is 6.92 Å². The van der Waals surface area contributed by atoms with Gasteiger partial charge < -0.3 is 5.73 Å². The third-order valence-corrected chi connectivity index (χ3v) is 4.62. The van der Waals surface area contributed by atoms with Crippen molar-refractivity contribution >= 4 is 39.6 Å². The SMILES string of the molecule is Cc1nc(N)sc1SCc1cscn1. The molecular formula is C8H9N3S3. The molecule has 0 fully saturated rings. The van der Waals surface area contributed by atoms with Gasteiger partial charge in [0.15, 0.2) is 5.13 Å². The molecule has 0 aromatic carbocycles. The van der Waals surface area contributed by atoms with Gasteiger partial charge in [0.1, 0.15) is 0 Å². The van der Waals surface area contributed by atoms with Gasteiger partial charge in [-0.15, -0.1) is 23.1 Å². The minimum Gasteiger partial charge on any atom is -0.375 e. The number of nitrogens with zero attached hydrogens (tertiary/aromatic N) is 2. The zero-order valence-electron chi connectivity index (χ0n) is 7.56. The molecule has 0 bridgehead atoms. The van der Waals surface area contributed by atoms with Crippen molar-refractivity contribution in [1.82, 2.24) is 9.97 Å². The summed E-state index contributed by atoms with van der Waals surface area (Å²) in [6.07, 6.45) is 0. The monoisotopic (exact) mass is 243 g/mol. The summed E-state index contributed by atoms with van der Waals surface area (Å²) in [5, 5.41) is 2.70. The first-order chi connectivity index (χ1) is 6.75. The molecule has 0 aliphatic heterocycles. The van der Waals surface area contributed by atoms with Gasteiger partial charge in [0, 0.05) is 11.1 Å². The third-order valence-electron chi connectivity index (χ3n) is 1.61. The number of aryl methyl sites for hydroxylation is 1. The quantitative estimate of drug-likeness (QED) is 0.842. The summed E-state index contributed by atoms with van der Waals surface area (Å²) in [6, 6.07) is 0. The molecule has 0 unspecified atom stereocenters. The minimum atomic E-state index is 0.642. The largest absolute Gasteiger partial charge is 0.375 e. The highest BCUT2D eigenvalue weighted by atomic mass is 32.2. The number of hydrogen-bond donors (Lipinski definition) is 1. The number of hydrogen-bond acceptors (Lipinski definition) is 6. The molecule has 74 valence electrons. The highest BCUT2D eigenvalue weighted by molar-refractivity contribution is 8.00. The molecular weight excluding hydrogens is 234 g/mol. The summed E-state index contributed by atoms with van der Waals surface area (Å²) in [5.74, 6) is 0.895. The highest BCUT2D eigenvalue weighted by Gasteiger charge is 2.06. The molecule has 0 spiro atoms. The van der Waals surface area contributed by atoms with E-state index in [1.54, 1.807) is 34.4 Å². The summed E-state index contributed by atoms with van der Waals surface area (Å²) in [6.45, 7) is 1.98. The van der Waals surface area contributed by atoms with Gasteiger partial charge in [0.05, 0.1) is 21.1 Å². The lowest BCUT2D eigenvalue weighted by Gasteiger charge is -1.94. The molecule has 3 nitrogen and oxygen atoms in total. The van der Waals surface area contributed by atoms with Crippen LogP contribution in [0.3, 0.4) is 0 Å². The zero-order chi connectivity index (χ0) is 9.97. The number of nitrogen functional groups attached to an aromatic ring is 1. The van der Waals surface area contributed by atoms with E-state index in [1.165, 1.54) is 4.21 Å². The van der Waals surface area contributed by atoms with E-state index in [4.69, 9.17) is 5.73 Å². The molecule has 0 saturated carbocycles. The van der Waals surface area contributed by atoms with Gasteiger partial charge in [-0.3, -0.25) is 0 Å². The summed E-state index contributed by atoms with van der Waals surface area (Å²) in [4.78, 5) is 8.39. The summed E-state index contributed by atoms with van der Waals surface area (Å²) in [5.41, 5.74) is 9.60. The van der Waals surface area contributed by atoms with Crippen LogP contribution in [0.1, 0.15) is 11.4 Å². The van der Waals surface area contributed by atoms with Crippen molar-refractivity contribution in [3.05, 3.63) is 22.3 Å². The normalized spacial score (nSPS) is 10.6. The van der Waals surface area contributed by atoms with Crippen LogP contribution < -0.4 is 5.73 Å². The van der Waals surface area contributed by atoms with Crippen molar-refractivity contribution in [2.45, 2.75) is 16.9 Å². The van der Waals surface area contributed by atoms with E-state index in [2.05, 4.69) is 15.3 Å². The Bertz CT molecular complexity index is 407. The average Bonchev–Trinajstić information content (AvgIpc) is 2.72. The maximum absolute atomic E-state index is 5.61. The number of thioether (sulfide) groups is 1. The van der Waals surface area contributed by atoms with Crippen LogP contribution in [0.5, 0.6) is 0 Å². The third kappa shape index (κ3) is 2.26. The van der Waals surface area contributed by atoms with Gasteiger partial charge in [-0.1, -0.05) is 11.3 Å². The molecule has 0 atom stereocenters. The predicted molar refractivity (Wildman–Crippen MR) is 62.9 cm³/mol. The number of rotatable bonds is 3. The van der Waals surface area contributed by atoms with E-state index < -0.39 is 0 Å². The minimum absolute atomic E-state index is 0.642. The smallest absolute Gasteiger partial charge is 0.181 e.